The Morgan fingerprint density at radius 3 is 2.50 bits per heavy atom. The summed E-state index contributed by atoms with van der Waals surface area (Å²) in [7, 11) is 3.69. The normalized spacial score (nSPS) is 11.5. The molecule has 0 fully saturated rings. The third-order valence-corrected chi connectivity index (χ3v) is 1.65. The van der Waals surface area contributed by atoms with Crippen LogP contribution in [-0.2, 0) is 4.74 Å². The van der Waals surface area contributed by atoms with Crippen LogP contribution in [0.15, 0.2) is 17.3 Å². The topological polar surface area (TPSA) is 24.8 Å². The largest absolute Gasteiger partial charge is 0.374 e. The first kappa shape index (κ1) is 11.2. The van der Waals surface area contributed by atoms with E-state index in [1.54, 1.807) is 7.05 Å². The molecule has 0 rings (SSSR count). The number of rotatable bonds is 4. The zero-order chi connectivity index (χ0) is 9.56. The fourth-order valence-corrected chi connectivity index (χ4v) is 0.725. The summed E-state index contributed by atoms with van der Waals surface area (Å²) in [6.07, 6.45) is 0. The lowest BCUT2D eigenvalue weighted by Crippen LogP contribution is -2.28. The van der Waals surface area contributed by atoms with Crippen LogP contribution in [0.1, 0.15) is 13.8 Å². The van der Waals surface area contributed by atoms with Crippen LogP contribution < -0.4 is 0 Å². The minimum Gasteiger partial charge on any atom is -0.374 e. The van der Waals surface area contributed by atoms with E-state index in [0.717, 1.165) is 11.5 Å². The Morgan fingerprint density at radius 2 is 2.17 bits per heavy atom. The van der Waals surface area contributed by atoms with E-state index in [1.807, 2.05) is 25.8 Å². The van der Waals surface area contributed by atoms with Gasteiger partial charge in [0.05, 0.1) is 0 Å². The molecular formula is C9H18N2O. The first-order valence-electron chi connectivity index (χ1n) is 4.06. The van der Waals surface area contributed by atoms with Crippen molar-refractivity contribution in [2.24, 2.45) is 4.99 Å². The summed E-state index contributed by atoms with van der Waals surface area (Å²) in [5.41, 5.74) is 0.968. The molecule has 0 N–H and O–H groups in total. The van der Waals surface area contributed by atoms with E-state index in [1.165, 1.54) is 0 Å². The minimum absolute atomic E-state index is 0.552. The molecule has 0 saturated carbocycles. The second-order valence-corrected chi connectivity index (χ2v) is 2.57. The molecule has 0 saturated heterocycles. The zero-order valence-corrected chi connectivity index (χ0v) is 8.42. The molecule has 0 aliphatic carbocycles. The van der Waals surface area contributed by atoms with Crippen LogP contribution in [0.5, 0.6) is 0 Å². The van der Waals surface area contributed by atoms with Crippen LogP contribution >= 0.6 is 0 Å². The van der Waals surface area contributed by atoms with Crippen LogP contribution in [0.4, 0.5) is 0 Å². The van der Waals surface area contributed by atoms with E-state index >= 15 is 0 Å². The van der Waals surface area contributed by atoms with Crippen LogP contribution in [0.2, 0.25) is 0 Å². The molecule has 0 radical (unpaired) electrons. The van der Waals surface area contributed by atoms with Gasteiger partial charge < -0.3 is 9.64 Å². The smallest absolute Gasteiger partial charge is 0.129 e. The second kappa shape index (κ2) is 5.77. The molecule has 0 aromatic rings. The molecule has 0 aliphatic heterocycles. The van der Waals surface area contributed by atoms with E-state index in [4.69, 9.17) is 4.74 Å². The highest BCUT2D eigenvalue weighted by molar-refractivity contribution is 5.84. The maximum absolute atomic E-state index is 5.24. The lowest BCUT2D eigenvalue weighted by Gasteiger charge is -2.20. The number of allylic oxidation sites excluding steroid dienone is 1. The summed E-state index contributed by atoms with van der Waals surface area (Å²) in [4.78, 5) is 6.03. The summed E-state index contributed by atoms with van der Waals surface area (Å²) in [6.45, 7) is 8.99. The highest BCUT2D eigenvalue weighted by Gasteiger charge is 2.04. The predicted octanol–water partition coefficient (Wildman–Crippen LogP) is 1.52. The standard InChI is InChI=1S/C9H18N2O/c1-6-12-7-9(10-4)11(5)8(2)3/h2,6-7H2,1,3-5H3/b10-9-. The number of hydrogen-bond donors (Lipinski definition) is 0. The number of ether oxygens (including phenoxy) is 1. The Labute approximate surface area is 74.7 Å². The van der Waals surface area contributed by atoms with Crippen molar-refractivity contribution in [3.63, 3.8) is 0 Å². The van der Waals surface area contributed by atoms with E-state index in [0.29, 0.717) is 13.2 Å². The maximum Gasteiger partial charge on any atom is 0.129 e. The molecule has 0 spiro atoms. The predicted molar refractivity (Wildman–Crippen MR) is 52.4 cm³/mol. The number of likely N-dealkylation sites (N-methyl/N-ethyl adjacent to an activating group) is 1. The fraction of sp³-hybridized carbons (Fsp3) is 0.667. The van der Waals surface area contributed by atoms with Crippen molar-refractivity contribution in [2.45, 2.75) is 13.8 Å². The van der Waals surface area contributed by atoms with Gasteiger partial charge in [-0.05, 0) is 13.8 Å². The fourth-order valence-electron chi connectivity index (χ4n) is 0.725. The molecule has 70 valence electrons. The van der Waals surface area contributed by atoms with E-state index in [-0.39, 0.29) is 0 Å². The van der Waals surface area contributed by atoms with Crippen molar-refractivity contribution in [1.29, 1.82) is 0 Å². The Bertz CT molecular complexity index is 175. The van der Waals surface area contributed by atoms with E-state index < -0.39 is 0 Å². The van der Waals surface area contributed by atoms with Crippen molar-refractivity contribution in [3.8, 4) is 0 Å². The van der Waals surface area contributed by atoms with Crippen molar-refractivity contribution >= 4 is 5.84 Å². The monoisotopic (exact) mass is 170 g/mol. The molecule has 3 heteroatoms. The van der Waals surface area contributed by atoms with Crippen molar-refractivity contribution in [2.75, 3.05) is 27.3 Å². The van der Waals surface area contributed by atoms with Crippen molar-refractivity contribution in [1.82, 2.24) is 4.90 Å². The summed E-state index contributed by atoms with van der Waals surface area (Å²) in [5, 5.41) is 0. The van der Waals surface area contributed by atoms with Crippen LogP contribution in [0, 0.1) is 0 Å². The molecule has 0 amide bonds. The first-order valence-corrected chi connectivity index (χ1v) is 4.06. The van der Waals surface area contributed by atoms with Crippen LogP contribution in [0.3, 0.4) is 0 Å². The second-order valence-electron chi connectivity index (χ2n) is 2.57. The molecular weight excluding hydrogens is 152 g/mol. The number of hydrogen-bond acceptors (Lipinski definition) is 2. The van der Waals surface area contributed by atoms with Gasteiger partial charge in [-0.25, -0.2) is 0 Å². The summed E-state index contributed by atoms with van der Waals surface area (Å²) in [5.74, 6) is 0.907. The van der Waals surface area contributed by atoms with Gasteiger partial charge in [0.2, 0.25) is 0 Å². The third-order valence-electron chi connectivity index (χ3n) is 1.65. The van der Waals surface area contributed by atoms with Gasteiger partial charge in [-0.2, -0.15) is 0 Å². The Morgan fingerprint density at radius 1 is 1.58 bits per heavy atom. The lowest BCUT2D eigenvalue weighted by atomic mass is 10.4. The molecule has 12 heavy (non-hydrogen) atoms. The van der Waals surface area contributed by atoms with Gasteiger partial charge in [0.15, 0.2) is 0 Å². The van der Waals surface area contributed by atoms with Gasteiger partial charge in [-0.3, -0.25) is 4.99 Å². The maximum atomic E-state index is 5.24. The minimum atomic E-state index is 0.552. The molecule has 3 nitrogen and oxygen atoms in total. The molecule has 0 aliphatic rings. The number of nitrogens with zero attached hydrogens (tertiary/aromatic N) is 2. The molecule has 0 heterocycles. The van der Waals surface area contributed by atoms with Gasteiger partial charge in [0.25, 0.3) is 0 Å². The zero-order valence-electron chi connectivity index (χ0n) is 8.42. The van der Waals surface area contributed by atoms with Gasteiger partial charge in [-0.1, -0.05) is 6.58 Å². The van der Waals surface area contributed by atoms with Gasteiger partial charge in [-0.15, -0.1) is 0 Å². The van der Waals surface area contributed by atoms with Crippen molar-refractivity contribution in [3.05, 3.63) is 12.3 Å². The number of aliphatic imine (C=N–C) groups is 1. The molecule has 0 aromatic carbocycles. The molecule has 0 aromatic heterocycles. The summed E-state index contributed by atoms with van der Waals surface area (Å²) < 4.78 is 5.24. The molecule has 0 atom stereocenters. The van der Waals surface area contributed by atoms with E-state index in [2.05, 4.69) is 11.6 Å². The highest BCUT2D eigenvalue weighted by Crippen LogP contribution is 1.98. The van der Waals surface area contributed by atoms with E-state index in [9.17, 15) is 0 Å². The van der Waals surface area contributed by atoms with Crippen LogP contribution in [-0.4, -0.2) is 38.0 Å². The van der Waals surface area contributed by atoms with Gasteiger partial charge in [0.1, 0.15) is 12.4 Å². The molecule has 0 bridgehead atoms. The molecule has 0 unspecified atom stereocenters. The Hall–Kier alpha value is -0.830. The SMILES string of the molecule is C=C(C)N(C)/C(COCC)=N\C. The van der Waals surface area contributed by atoms with Crippen LogP contribution in [0.25, 0.3) is 0 Å². The first-order chi connectivity index (χ1) is 5.63. The highest BCUT2D eigenvalue weighted by atomic mass is 16.5. The lowest BCUT2D eigenvalue weighted by molar-refractivity contribution is 0.181. The van der Waals surface area contributed by atoms with Gasteiger partial charge >= 0.3 is 0 Å². The summed E-state index contributed by atoms with van der Waals surface area (Å²) >= 11 is 0. The Balaban J connectivity index is 4.07. The third kappa shape index (κ3) is 3.53. The quantitative estimate of drug-likeness (QED) is 0.472. The number of amidine groups is 1. The Kier molecular flexibility index (Phi) is 5.37. The van der Waals surface area contributed by atoms with Crippen molar-refractivity contribution < 1.29 is 4.74 Å². The average Bonchev–Trinajstić information content (AvgIpc) is 2.05. The average molecular weight is 170 g/mol. The van der Waals surface area contributed by atoms with Gasteiger partial charge in [0, 0.05) is 26.4 Å². The summed E-state index contributed by atoms with van der Waals surface area (Å²) in [6, 6.07) is 0.